The molecular formula is C13H14F4N2O2. The molecule has 0 aromatic heterocycles. The number of hydrogen-bond acceptors (Lipinski definition) is 3. The number of carbonyl (C=O) groups excluding carboxylic acids is 1. The molecule has 1 aromatic carbocycles. The number of nitrogens with one attached hydrogen (secondary N) is 2. The zero-order chi connectivity index (χ0) is 15.4. The molecule has 0 unspecified atom stereocenters. The molecule has 4 nitrogen and oxygen atoms in total. The molecule has 0 aliphatic carbocycles. The molecule has 0 saturated carbocycles. The lowest BCUT2D eigenvalue weighted by atomic mass is 10.1. The summed E-state index contributed by atoms with van der Waals surface area (Å²) >= 11 is 0. The minimum atomic E-state index is -1.65. The molecule has 0 atom stereocenters. The molecular weight excluding hydrogens is 292 g/mol. The molecule has 21 heavy (non-hydrogen) atoms. The summed E-state index contributed by atoms with van der Waals surface area (Å²) in [6, 6.07) is 0.0752. The highest BCUT2D eigenvalue weighted by Crippen LogP contribution is 2.24. The number of ether oxygens (including phenoxy) is 1. The van der Waals surface area contributed by atoms with Gasteiger partial charge >= 0.3 is 0 Å². The normalized spacial score (nSPS) is 16.0. The number of hydrogen-bond donors (Lipinski definition) is 2. The van der Waals surface area contributed by atoms with E-state index in [9.17, 15) is 22.4 Å². The van der Waals surface area contributed by atoms with Crippen LogP contribution < -0.4 is 10.6 Å². The van der Waals surface area contributed by atoms with Crippen molar-refractivity contribution in [2.75, 3.05) is 25.0 Å². The topological polar surface area (TPSA) is 50.4 Å². The molecule has 1 aliphatic rings. The van der Waals surface area contributed by atoms with Gasteiger partial charge in [0.05, 0.1) is 6.10 Å². The number of piperidine rings is 1. The van der Waals surface area contributed by atoms with Crippen LogP contribution in [0.15, 0.2) is 6.07 Å². The first-order valence-corrected chi connectivity index (χ1v) is 6.44. The predicted octanol–water partition coefficient (Wildman–Crippen LogP) is 1.95. The van der Waals surface area contributed by atoms with Gasteiger partial charge in [0.2, 0.25) is 0 Å². The van der Waals surface area contributed by atoms with Crippen LogP contribution in [0.4, 0.5) is 23.2 Å². The first-order chi connectivity index (χ1) is 9.99. The third kappa shape index (κ3) is 3.92. The second kappa shape index (κ2) is 6.86. The van der Waals surface area contributed by atoms with Gasteiger partial charge in [-0.2, -0.15) is 0 Å². The monoisotopic (exact) mass is 306 g/mol. The fraction of sp³-hybridized carbons (Fsp3) is 0.462. The lowest BCUT2D eigenvalue weighted by Gasteiger charge is -2.22. The van der Waals surface area contributed by atoms with Crippen LogP contribution >= 0.6 is 0 Å². The Labute approximate surface area is 118 Å². The Morgan fingerprint density at radius 1 is 1.19 bits per heavy atom. The van der Waals surface area contributed by atoms with Crippen molar-refractivity contribution in [2.24, 2.45) is 0 Å². The van der Waals surface area contributed by atoms with Gasteiger partial charge in [-0.15, -0.1) is 0 Å². The molecule has 1 heterocycles. The largest absolute Gasteiger partial charge is 0.368 e. The van der Waals surface area contributed by atoms with E-state index in [1.54, 1.807) is 5.32 Å². The maximum Gasteiger partial charge on any atom is 0.250 e. The summed E-state index contributed by atoms with van der Waals surface area (Å²) in [6.45, 7) is 1.07. The van der Waals surface area contributed by atoms with Gasteiger partial charge in [0.25, 0.3) is 5.91 Å². The number of benzene rings is 1. The summed E-state index contributed by atoms with van der Waals surface area (Å²) in [5.41, 5.74) is -1.15. The van der Waals surface area contributed by atoms with Crippen molar-refractivity contribution in [3.63, 3.8) is 0 Å². The van der Waals surface area contributed by atoms with Gasteiger partial charge in [0, 0.05) is 6.07 Å². The molecule has 1 aliphatic heterocycles. The zero-order valence-corrected chi connectivity index (χ0v) is 11.0. The van der Waals surface area contributed by atoms with Crippen LogP contribution in [0, 0.1) is 23.3 Å². The standard InChI is InChI=1S/C13H14F4N2O2/c14-8-5-9(15)12(17)13(11(8)16)19-10(20)6-21-7-1-3-18-4-2-7/h5,7,18H,1-4,6H2,(H,19,20). The van der Waals surface area contributed by atoms with Crippen molar-refractivity contribution < 1.29 is 27.1 Å². The van der Waals surface area contributed by atoms with Crippen LogP contribution in [0.1, 0.15) is 12.8 Å². The SMILES string of the molecule is O=C(COC1CCNCC1)Nc1c(F)c(F)cc(F)c1F. The van der Waals surface area contributed by atoms with Crippen molar-refractivity contribution in [1.82, 2.24) is 5.32 Å². The second-order valence-electron chi connectivity index (χ2n) is 4.65. The van der Waals surface area contributed by atoms with Gasteiger partial charge in [-0.1, -0.05) is 0 Å². The van der Waals surface area contributed by atoms with Crippen molar-refractivity contribution in [2.45, 2.75) is 18.9 Å². The van der Waals surface area contributed by atoms with Gasteiger partial charge in [0.15, 0.2) is 23.3 Å². The first kappa shape index (κ1) is 15.7. The van der Waals surface area contributed by atoms with E-state index >= 15 is 0 Å². The highest BCUT2D eigenvalue weighted by molar-refractivity contribution is 5.92. The average Bonchev–Trinajstić information content (AvgIpc) is 2.48. The van der Waals surface area contributed by atoms with E-state index < -0.39 is 41.5 Å². The highest BCUT2D eigenvalue weighted by atomic mass is 19.2. The first-order valence-electron chi connectivity index (χ1n) is 6.44. The van der Waals surface area contributed by atoms with Crippen molar-refractivity contribution in [1.29, 1.82) is 0 Å². The minimum Gasteiger partial charge on any atom is -0.368 e. The van der Waals surface area contributed by atoms with E-state index in [4.69, 9.17) is 4.74 Å². The quantitative estimate of drug-likeness (QED) is 0.660. The molecule has 1 saturated heterocycles. The summed E-state index contributed by atoms with van der Waals surface area (Å²) in [5, 5.41) is 4.90. The van der Waals surface area contributed by atoms with E-state index in [2.05, 4.69) is 5.32 Å². The Bertz CT molecular complexity index is 507. The third-order valence-electron chi connectivity index (χ3n) is 3.11. The zero-order valence-electron chi connectivity index (χ0n) is 11.0. The average molecular weight is 306 g/mol. The van der Waals surface area contributed by atoms with Gasteiger partial charge in [-0.25, -0.2) is 17.6 Å². The lowest BCUT2D eigenvalue weighted by Crippen LogP contribution is -2.34. The summed E-state index contributed by atoms with van der Waals surface area (Å²) in [7, 11) is 0. The van der Waals surface area contributed by atoms with E-state index in [0.717, 1.165) is 13.1 Å². The van der Waals surface area contributed by atoms with Crippen LogP contribution in [0.25, 0.3) is 0 Å². The molecule has 1 amide bonds. The van der Waals surface area contributed by atoms with Gasteiger partial charge in [-0.05, 0) is 25.9 Å². The van der Waals surface area contributed by atoms with Crippen molar-refractivity contribution in [3.05, 3.63) is 29.3 Å². The van der Waals surface area contributed by atoms with Crippen LogP contribution in [0.3, 0.4) is 0 Å². The predicted molar refractivity (Wildman–Crippen MR) is 66.7 cm³/mol. The van der Waals surface area contributed by atoms with Gasteiger partial charge in [-0.3, -0.25) is 4.79 Å². The van der Waals surface area contributed by atoms with Crippen molar-refractivity contribution in [3.8, 4) is 0 Å². The molecule has 116 valence electrons. The van der Waals surface area contributed by atoms with E-state index in [-0.39, 0.29) is 12.2 Å². The molecule has 2 N–H and O–H groups in total. The smallest absolute Gasteiger partial charge is 0.250 e. The third-order valence-corrected chi connectivity index (χ3v) is 3.11. The number of carbonyl (C=O) groups is 1. The maximum atomic E-state index is 13.4. The minimum absolute atomic E-state index is 0.0752. The van der Waals surface area contributed by atoms with Gasteiger partial charge in [0.1, 0.15) is 12.3 Å². The summed E-state index contributed by atoms with van der Waals surface area (Å²) in [6.07, 6.45) is 1.30. The number of halogens is 4. The lowest BCUT2D eigenvalue weighted by molar-refractivity contribution is -0.123. The fourth-order valence-corrected chi connectivity index (χ4v) is 2.01. The summed E-state index contributed by atoms with van der Waals surface area (Å²) < 4.78 is 57.9. The van der Waals surface area contributed by atoms with Crippen molar-refractivity contribution >= 4 is 11.6 Å². The van der Waals surface area contributed by atoms with Gasteiger partial charge < -0.3 is 15.4 Å². The molecule has 8 heteroatoms. The molecule has 0 bridgehead atoms. The Hall–Kier alpha value is -1.67. The molecule has 1 aromatic rings. The van der Waals surface area contributed by atoms with Crippen LogP contribution in [-0.4, -0.2) is 31.7 Å². The molecule has 2 rings (SSSR count). The van der Waals surface area contributed by atoms with E-state index in [1.807, 2.05) is 0 Å². The number of anilines is 1. The number of amides is 1. The van der Waals surface area contributed by atoms with E-state index in [0.29, 0.717) is 12.8 Å². The maximum absolute atomic E-state index is 13.4. The summed E-state index contributed by atoms with van der Waals surface area (Å²) in [4.78, 5) is 11.6. The summed E-state index contributed by atoms with van der Waals surface area (Å²) in [5.74, 6) is -7.34. The molecule has 0 spiro atoms. The Morgan fingerprint density at radius 3 is 2.33 bits per heavy atom. The number of rotatable bonds is 4. The second-order valence-corrected chi connectivity index (χ2v) is 4.65. The van der Waals surface area contributed by atoms with Crippen LogP contribution in [0.5, 0.6) is 0 Å². The fourth-order valence-electron chi connectivity index (χ4n) is 2.01. The Kier molecular flexibility index (Phi) is 5.13. The molecule has 0 radical (unpaired) electrons. The molecule has 1 fully saturated rings. The highest BCUT2D eigenvalue weighted by Gasteiger charge is 2.21. The Morgan fingerprint density at radius 2 is 1.76 bits per heavy atom. The van der Waals surface area contributed by atoms with E-state index in [1.165, 1.54) is 0 Å². The Balaban J connectivity index is 1.96. The van der Waals surface area contributed by atoms with Crippen LogP contribution in [0.2, 0.25) is 0 Å². The van der Waals surface area contributed by atoms with Crippen LogP contribution in [-0.2, 0) is 9.53 Å².